The SMILES string of the molecule is CCC(CCO)NC(=O)[C@H]1CC(C)C[C@H]1C(=O)O. The number of aliphatic carboxylic acids is 1. The summed E-state index contributed by atoms with van der Waals surface area (Å²) in [5, 5.41) is 20.9. The van der Waals surface area contributed by atoms with Crippen LogP contribution in [-0.2, 0) is 9.59 Å². The third kappa shape index (κ3) is 3.70. The monoisotopic (exact) mass is 257 g/mol. The Labute approximate surface area is 108 Å². The molecule has 1 rings (SSSR count). The van der Waals surface area contributed by atoms with Crippen molar-refractivity contribution in [2.24, 2.45) is 17.8 Å². The smallest absolute Gasteiger partial charge is 0.307 e. The lowest BCUT2D eigenvalue weighted by atomic mass is 9.95. The molecule has 2 unspecified atom stereocenters. The maximum Gasteiger partial charge on any atom is 0.307 e. The fourth-order valence-corrected chi connectivity index (χ4v) is 2.70. The van der Waals surface area contributed by atoms with Gasteiger partial charge in [0.15, 0.2) is 0 Å². The molecule has 0 heterocycles. The van der Waals surface area contributed by atoms with Gasteiger partial charge in [0, 0.05) is 12.6 Å². The van der Waals surface area contributed by atoms with Gasteiger partial charge in [-0.25, -0.2) is 0 Å². The van der Waals surface area contributed by atoms with Gasteiger partial charge in [0.1, 0.15) is 0 Å². The van der Waals surface area contributed by atoms with E-state index in [-0.39, 0.29) is 24.5 Å². The third-order valence-electron chi connectivity index (χ3n) is 3.77. The molecule has 3 N–H and O–H groups in total. The molecule has 1 amide bonds. The number of aliphatic hydroxyl groups is 1. The van der Waals surface area contributed by atoms with Crippen LogP contribution in [0.4, 0.5) is 0 Å². The number of nitrogens with one attached hydrogen (secondary N) is 1. The van der Waals surface area contributed by atoms with E-state index < -0.39 is 17.8 Å². The van der Waals surface area contributed by atoms with Crippen molar-refractivity contribution in [1.29, 1.82) is 0 Å². The highest BCUT2D eigenvalue weighted by atomic mass is 16.4. The predicted octanol–water partition coefficient (Wildman–Crippen LogP) is 1.01. The topological polar surface area (TPSA) is 86.6 Å². The minimum Gasteiger partial charge on any atom is -0.481 e. The Morgan fingerprint density at radius 3 is 2.44 bits per heavy atom. The van der Waals surface area contributed by atoms with Gasteiger partial charge >= 0.3 is 5.97 Å². The Kier molecular flexibility index (Phi) is 5.59. The van der Waals surface area contributed by atoms with Crippen molar-refractivity contribution < 1.29 is 19.8 Å². The zero-order chi connectivity index (χ0) is 13.7. The van der Waals surface area contributed by atoms with Crippen molar-refractivity contribution in [1.82, 2.24) is 5.32 Å². The molecule has 0 bridgehead atoms. The highest BCUT2D eigenvalue weighted by Crippen LogP contribution is 2.36. The van der Waals surface area contributed by atoms with E-state index in [4.69, 9.17) is 10.2 Å². The lowest BCUT2D eigenvalue weighted by Crippen LogP contribution is -2.41. The van der Waals surface area contributed by atoms with E-state index in [0.29, 0.717) is 19.3 Å². The molecule has 5 heteroatoms. The number of carbonyl (C=O) groups is 2. The van der Waals surface area contributed by atoms with Crippen molar-refractivity contribution in [3.63, 3.8) is 0 Å². The van der Waals surface area contributed by atoms with Crippen molar-refractivity contribution in [2.75, 3.05) is 6.61 Å². The second kappa shape index (κ2) is 6.73. The molecule has 1 aliphatic rings. The molecule has 1 saturated carbocycles. The van der Waals surface area contributed by atoms with Crippen molar-refractivity contribution >= 4 is 11.9 Å². The fourth-order valence-electron chi connectivity index (χ4n) is 2.70. The Morgan fingerprint density at radius 2 is 1.94 bits per heavy atom. The molecule has 0 saturated heterocycles. The number of hydrogen-bond donors (Lipinski definition) is 3. The van der Waals surface area contributed by atoms with Gasteiger partial charge in [-0.3, -0.25) is 9.59 Å². The van der Waals surface area contributed by atoms with Crippen LogP contribution in [0.2, 0.25) is 0 Å². The molecule has 0 aromatic heterocycles. The second-order valence-electron chi connectivity index (χ2n) is 5.25. The number of aliphatic hydroxyl groups excluding tert-OH is 1. The van der Waals surface area contributed by atoms with Crippen LogP contribution in [0, 0.1) is 17.8 Å². The molecular weight excluding hydrogens is 234 g/mol. The summed E-state index contributed by atoms with van der Waals surface area (Å²) in [6.07, 6.45) is 2.47. The second-order valence-corrected chi connectivity index (χ2v) is 5.25. The largest absolute Gasteiger partial charge is 0.481 e. The number of hydrogen-bond acceptors (Lipinski definition) is 3. The molecule has 104 valence electrons. The molecule has 18 heavy (non-hydrogen) atoms. The van der Waals surface area contributed by atoms with E-state index in [0.717, 1.165) is 6.42 Å². The van der Waals surface area contributed by atoms with Gasteiger partial charge < -0.3 is 15.5 Å². The molecule has 4 atom stereocenters. The van der Waals surface area contributed by atoms with Crippen molar-refractivity contribution in [3.8, 4) is 0 Å². The van der Waals surface area contributed by atoms with Gasteiger partial charge in [0.25, 0.3) is 0 Å². The van der Waals surface area contributed by atoms with E-state index >= 15 is 0 Å². The number of amides is 1. The van der Waals surface area contributed by atoms with E-state index in [9.17, 15) is 9.59 Å². The Hall–Kier alpha value is -1.10. The van der Waals surface area contributed by atoms with Gasteiger partial charge in [0.2, 0.25) is 5.91 Å². The molecule has 1 fully saturated rings. The highest BCUT2D eigenvalue weighted by Gasteiger charge is 2.41. The van der Waals surface area contributed by atoms with E-state index in [1.165, 1.54) is 0 Å². The maximum atomic E-state index is 12.1. The lowest BCUT2D eigenvalue weighted by Gasteiger charge is -2.21. The Bertz CT molecular complexity index is 305. The summed E-state index contributed by atoms with van der Waals surface area (Å²) in [5.41, 5.74) is 0. The first-order chi connectivity index (χ1) is 8.49. The van der Waals surface area contributed by atoms with Gasteiger partial charge in [-0.15, -0.1) is 0 Å². The van der Waals surface area contributed by atoms with Crippen LogP contribution in [0.25, 0.3) is 0 Å². The zero-order valence-corrected chi connectivity index (χ0v) is 11.1. The average molecular weight is 257 g/mol. The molecule has 0 radical (unpaired) electrons. The number of carbonyl (C=O) groups excluding carboxylic acids is 1. The highest BCUT2D eigenvalue weighted by molar-refractivity contribution is 5.85. The Balaban J connectivity index is 2.61. The van der Waals surface area contributed by atoms with Gasteiger partial charge in [-0.05, 0) is 31.6 Å². The van der Waals surface area contributed by atoms with Crippen LogP contribution in [0.3, 0.4) is 0 Å². The van der Waals surface area contributed by atoms with Crippen LogP contribution in [0.1, 0.15) is 39.5 Å². The summed E-state index contributed by atoms with van der Waals surface area (Å²) in [4.78, 5) is 23.2. The Morgan fingerprint density at radius 1 is 1.33 bits per heavy atom. The number of rotatable bonds is 6. The number of carboxylic acid groups (broad SMARTS) is 1. The van der Waals surface area contributed by atoms with Crippen LogP contribution in [0.15, 0.2) is 0 Å². The first kappa shape index (κ1) is 15.0. The van der Waals surface area contributed by atoms with Crippen LogP contribution >= 0.6 is 0 Å². The van der Waals surface area contributed by atoms with E-state index in [1.807, 2.05) is 13.8 Å². The molecular formula is C13H23NO4. The van der Waals surface area contributed by atoms with Gasteiger partial charge in [-0.1, -0.05) is 13.8 Å². The normalized spacial score (nSPS) is 28.9. The lowest BCUT2D eigenvalue weighted by molar-refractivity contribution is -0.146. The molecule has 0 spiro atoms. The third-order valence-corrected chi connectivity index (χ3v) is 3.77. The minimum atomic E-state index is -0.880. The summed E-state index contributed by atoms with van der Waals surface area (Å²) >= 11 is 0. The standard InChI is InChI=1S/C13H23NO4/c1-3-9(4-5-15)14-12(16)10-6-8(2)7-11(10)13(17)18/h8-11,15H,3-7H2,1-2H3,(H,14,16)(H,17,18)/t8?,9?,10-,11+/m0/s1. The van der Waals surface area contributed by atoms with Crippen molar-refractivity contribution in [2.45, 2.75) is 45.6 Å². The van der Waals surface area contributed by atoms with Gasteiger partial charge in [0.05, 0.1) is 11.8 Å². The minimum absolute atomic E-state index is 0.0300. The summed E-state index contributed by atoms with van der Waals surface area (Å²) in [6, 6.07) is -0.0622. The fraction of sp³-hybridized carbons (Fsp3) is 0.846. The predicted molar refractivity (Wildman–Crippen MR) is 66.9 cm³/mol. The zero-order valence-electron chi connectivity index (χ0n) is 11.1. The van der Waals surface area contributed by atoms with Crippen LogP contribution in [-0.4, -0.2) is 34.7 Å². The summed E-state index contributed by atoms with van der Waals surface area (Å²) < 4.78 is 0. The first-order valence-electron chi connectivity index (χ1n) is 6.63. The summed E-state index contributed by atoms with van der Waals surface area (Å²) in [7, 11) is 0. The van der Waals surface area contributed by atoms with Crippen LogP contribution < -0.4 is 5.32 Å². The van der Waals surface area contributed by atoms with E-state index in [2.05, 4.69) is 5.32 Å². The summed E-state index contributed by atoms with van der Waals surface area (Å²) in [5.74, 6) is -1.77. The molecule has 0 aromatic rings. The van der Waals surface area contributed by atoms with Gasteiger partial charge in [-0.2, -0.15) is 0 Å². The molecule has 0 aliphatic heterocycles. The molecule has 1 aliphatic carbocycles. The van der Waals surface area contributed by atoms with E-state index in [1.54, 1.807) is 0 Å². The quantitative estimate of drug-likeness (QED) is 0.663. The summed E-state index contributed by atoms with van der Waals surface area (Å²) in [6.45, 7) is 3.95. The first-order valence-corrected chi connectivity index (χ1v) is 6.63. The van der Waals surface area contributed by atoms with Crippen molar-refractivity contribution in [3.05, 3.63) is 0 Å². The van der Waals surface area contributed by atoms with Crippen LogP contribution in [0.5, 0.6) is 0 Å². The number of carboxylic acids is 1. The maximum absolute atomic E-state index is 12.1. The molecule has 5 nitrogen and oxygen atoms in total. The average Bonchev–Trinajstić information content (AvgIpc) is 2.71. The molecule has 0 aromatic carbocycles.